The van der Waals surface area contributed by atoms with Crippen LogP contribution in [0, 0.1) is 0 Å². The predicted octanol–water partition coefficient (Wildman–Crippen LogP) is 1.42. The van der Waals surface area contributed by atoms with E-state index in [0.717, 1.165) is 19.7 Å². The molecule has 19 heavy (non-hydrogen) atoms. The molecule has 2 unspecified atom stereocenters. The minimum absolute atomic E-state index is 0.165. The zero-order valence-corrected chi connectivity index (χ0v) is 13.7. The smallest absolute Gasteiger partial charge is 0.0630 e. The Labute approximate surface area is 119 Å². The summed E-state index contributed by atoms with van der Waals surface area (Å²) < 4.78 is 5.44. The second-order valence-corrected chi connectivity index (χ2v) is 6.94. The largest absolute Gasteiger partial charge is 0.383 e. The van der Waals surface area contributed by atoms with Crippen LogP contribution in [-0.2, 0) is 4.74 Å². The van der Waals surface area contributed by atoms with Gasteiger partial charge in [0.15, 0.2) is 0 Å². The molecule has 114 valence electrons. The fourth-order valence-electron chi connectivity index (χ4n) is 2.82. The van der Waals surface area contributed by atoms with Gasteiger partial charge in [0.1, 0.15) is 0 Å². The van der Waals surface area contributed by atoms with Crippen molar-refractivity contribution in [3.63, 3.8) is 0 Å². The van der Waals surface area contributed by atoms with E-state index in [-0.39, 0.29) is 5.54 Å². The number of ether oxygens (including phenoxy) is 1. The molecule has 0 spiro atoms. The molecule has 0 saturated carbocycles. The van der Waals surface area contributed by atoms with Crippen LogP contribution in [0.25, 0.3) is 0 Å². The molecule has 1 aliphatic heterocycles. The summed E-state index contributed by atoms with van der Waals surface area (Å²) in [4.78, 5) is 5.05. The lowest BCUT2D eigenvalue weighted by Crippen LogP contribution is -2.53. The van der Waals surface area contributed by atoms with Crippen LogP contribution >= 0.6 is 0 Å². The Hall–Kier alpha value is -0.160. The lowest BCUT2D eigenvalue weighted by Gasteiger charge is -2.37. The first-order valence-corrected chi connectivity index (χ1v) is 7.51. The molecule has 2 atom stereocenters. The first-order chi connectivity index (χ1) is 8.83. The zero-order chi connectivity index (χ0) is 14.5. The molecule has 4 nitrogen and oxygen atoms in total. The number of nitrogens with zero attached hydrogens (tertiary/aromatic N) is 2. The average molecular weight is 271 g/mol. The first kappa shape index (κ1) is 16.9. The second-order valence-electron chi connectivity index (χ2n) is 6.94. The maximum absolute atomic E-state index is 5.44. The minimum atomic E-state index is 0.165. The van der Waals surface area contributed by atoms with E-state index in [1.54, 1.807) is 7.11 Å². The molecule has 0 amide bonds. The average Bonchev–Trinajstić information content (AvgIpc) is 2.44. The van der Waals surface area contributed by atoms with Gasteiger partial charge < -0.3 is 15.0 Å². The molecule has 0 bridgehead atoms. The molecule has 0 aromatic carbocycles. The summed E-state index contributed by atoms with van der Waals surface area (Å²) in [6.07, 6.45) is 1.25. The van der Waals surface area contributed by atoms with Gasteiger partial charge in [-0.2, -0.15) is 0 Å². The summed E-state index contributed by atoms with van der Waals surface area (Å²) in [5, 5.41) is 3.62. The van der Waals surface area contributed by atoms with Crippen molar-refractivity contribution in [3.05, 3.63) is 0 Å². The Balaban J connectivity index is 2.62. The van der Waals surface area contributed by atoms with Gasteiger partial charge in [-0.3, -0.25) is 4.90 Å². The lowest BCUT2D eigenvalue weighted by atomic mass is 10.1. The van der Waals surface area contributed by atoms with E-state index in [0.29, 0.717) is 12.1 Å². The molecule has 1 N–H and O–H groups in total. The van der Waals surface area contributed by atoms with E-state index in [1.807, 2.05) is 0 Å². The van der Waals surface area contributed by atoms with Crippen LogP contribution < -0.4 is 5.32 Å². The highest BCUT2D eigenvalue weighted by atomic mass is 16.5. The van der Waals surface area contributed by atoms with Gasteiger partial charge in [0, 0.05) is 44.4 Å². The van der Waals surface area contributed by atoms with Crippen LogP contribution in [0.2, 0.25) is 0 Å². The van der Waals surface area contributed by atoms with Crippen molar-refractivity contribution in [2.45, 2.75) is 51.7 Å². The van der Waals surface area contributed by atoms with Crippen LogP contribution in [-0.4, -0.2) is 74.4 Å². The maximum Gasteiger partial charge on any atom is 0.0630 e. The highest BCUT2D eigenvalue weighted by Gasteiger charge is 2.27. The molecule has 1 heterocycles. The van der Waals surface area contributed by atoms with Crippen molar-refractivity contribution >= 4 is 0 Å². The highest BCUT2D eigenvalue weighted by molar-refractivity contribution is 4.84. The lowest BCUT2D eigenvalue weighted by molar-refractivity contribution is 0.0628. The summed E-state index contributed by atoms with van der Waals surface area (Å²) in [6.45, 7) is 14.3. The monoisotopic (exact) mass is 271 g/mol. The third-order valence-electron chi connectivity index (χ3n) is 3.79. The van der Waals surface area contributed by atoms with Crippen LogP contribution in [0.5, 0.6) is 0 Å². The van der Waals surface area contributed by atoms with Gasteiger partial charge in [-0.1, -0.05) is 0 Å². The molecule has 0 aliphatic carbocycles. The molecular weight excluding hydrogens is 238 g/mol. The Morgan fingerprint density at radius 1 is 1.32 bits per heavy atom. The SMILES string of the molecule is COCC(CNC(C)(C)C)N1CCCN(C)CC1C. The van der Waals surface area contributed by atoms with E-state index >= 15 is 0 Å². The summed E-state index contributed by atoms with van der Waals surface area (Å²) >= 11 is 0. The summed E-state index contributed by atoms with van der Waals surface area (Å²) in [5.74, 6) is 0. The number of hydrogen-bond donors (Lipinski definition) is 1. The Kier molecular flexibility index (Phi) is 6.74. The predicted molar refractivity (Wildman–Crippen MR) is 81.7 cm³/mol. The van der Waals surface area contributed by atoms with Crippen molar-refractivity contribution in [2.75, 3.05) is 46.9 Å². The molecule has 4 heteroatoms. The van der Waals surface area contributed by atoms with E-state index in [2.05, 4.69) is 49.9 Å². The fraction of sp³-hybridized carbons (Fsp3) is 1.00. The quantitative estimate of drug-likeness (QED) is 0.818. The third kappa shape index (κ3) is 6.21. The maximum atomic E-state index is 5.44. The van der Waals surface area contributed by atoms with Crippen LogP contribution in [0.15, 0.2) is 0 Å². The summed E-state index contributed by atoms with van der Waals surface area (Å²) in [6, 6.07) is 1.06. The van der Waals surface area contributed by atoms with Crippen molar-refractivity contribution in [1.82, 2.24) is 15.1 Å². The number of likely N-dealkylation sites (N-methyl/N-ethyl adjacent to an activating group) is 1. The Morgan fingerprint density at radius 2 is 2.00 bits per heavy atom. The summed E-state index contributed by atoms with van der Waals surface area (Å²) in [7, 11) is 4.03. The summed E-state index contributed by atoms with van der Waals surface area (Å²) in [5.41, 5.74) is 0.165. The molecular formula is C15H33N3O. The Bertz CT molecular complexity index is 252. The first-order valence-electron chi connectivity index (χ1n) is 7.51. The highest BCUT2D eigenvalue weighted by Crippen LogP contribution is 2.13. The van der Waals surface area contributed by atoms with Crippen LogP contribution in [0.1, 0.15) is 34.1 Å². The van der Waals surface area contributed by atoms with E-state index in [4.69, 9.17) is 4.74 Å². The van der Waals surface area contributed by atoms with Gasteiger partial charge in [0.25, 0.3) is 0 Å². The van der Waals surface area contributed by atoms with Crippen LogP contribution in [0.3, 0.4) is 0 Å². The number of methoxy groups -OCH3 is 1. The Morgan fingerprint density at radius 3 is 2.58 bits per heavy atom. The van der Waals surface area contributed by atoms with E-state index in [9.17, 15) is 0 Å². The fourth-order valence-corrected chi connectivity index (χ4v) is 2.82. The molecule has 0 radical (unpaired) electrons. The van der Waals surface area contributed by atoms with Gasteiger partial charge in [-0.15, -0.1) is 0 Å². The van der Waals surface area contributed by atoms with Crippen molar-refractivity contribution in [2.24, 2.45) is 0 Å². The second kappa shape index (κ2) is 7.58. The van der Waals surface area contributed by atoms with Gasteiger partial charge >= 0.3 is 0 Å². The van der Waals surface area contributed by atoms with Gasteiger partial charge in [0.05, 0.1) is 6.61 Å². The number of nitrogens with one attached hydrogen (secondary N) is 1. The van der Waals surface area contributed by atoms with E-state index in [1.165, 1.54) is 19.5 Å². The zero-order valence-electron chi connectivity index (χ0n) is 13.7. The molecule has 1 fully saturated rings. The topological polar surface area (TPSA) is 27.7 Å². The molecule has 1 aliphatic rings. The van der Waals surface area contributed by atoms with Gasteiger partial charge in [-0.05, 0) is 47.7 Å². The minimum Gasteiger partial charge on any atom is -0.383 e. The van der Waals surface area contributed by atoms with Gasteiger partial charge in [-0.25, -0.2) is 0 Å². The number of hydrogen-bond acceptors (Lipinski definition) is 4. The third-order valence-corrected chi connectivity index (χ3v) is 3.79. The van der Waals surface area contributed by atoms with Crippen molar-refractivity contribution < 1.29 is 4.74 Å². The van der Waals surface area contributed by atoms with Gasteiger partial charge in [0.2, 0.25) is 0 Å². The van der Waals surface area contributed by atoms with Crippen molar-refractivity contribution in [1.29, 1.82) is 0 Å². The molecule has 0 aromatic heterocycles. The molecule has 0 aromatic rings. The van der Waals surface area contributed by atoms with Crippen molar-refractivity contribution in [3.8, 4) is 0 Å². The van der Waals surface area contributed by atoms with E-state index < -0.39 is 0 Å². The normalized spacial score (nSPS) is 25.3. The molecule has 1 saturated heterocycles. The standard InChI is InChI=1S/C15H33N3O/c1-13-11-17(5)8-7-9-18(13)14(12-19-6)10-16-15(2,3)4/h13-14,16H,7-12H2,1-6H3. The number of rotatable bonds is 5. The van der Waals surface area contributed by atoms with Crippen LogP contribution in [0.4, 0.5) is 0 Å². The molecule has 1 rings (SSSR count).